The van der Waals surface area contributed by atoms with E-state index in [9.17, 15) is 0 Å². The molecule has 1 aliphatic heterocycles. The second-order valence-corrected chi connectivity index (χ2v) is 7.94. The number of rotatable bonds is 4. The van der Waals surface area contributed by atoms with Crippen molar-refractivity contribution in [1.29, 1.82) is 0 Å². The van der Waals surface area contributed by atoms with Crippen LogP contribution in [-0.2, 0) is 0 Å². The number of benzene rings is 1. The Hall–Kier alpha value is -3.06. The molecule has 1 aromatic carbocycles. The number of anilines is 2. The van der Waals surface area contributed by atoms with E-state index in [2.05, 4.69) is 51.7 Å². The smallest absolute Gasteiger partial charge is 0.228 e. The highest BCUT2D eigenvalue weighted by Gasteiger charge is 2.16. The van der Waals surface area contributed by atoms with E-state index < -0.39 is 0 Å². The summed E-state index contributed by atoms with van der Waals surface area (Å²) in [4.78, 5) is 13.9. The van der Waals surface area contributed by atoms with Gasteiger partial charge in [0.15, 0.2) is 0 Å². The number of fused-ring (bicyclic) bond motifs is 3. The molecule has 1 aliphatic rings. The molecular weight excluding hydrogens is 362 g/mol. The molecule has 5 rings (SSSR count). The SMILES string of the molecule is CC(C)n1ncc2ccc3cnc(Nc4ccc(C5CCNCC5)cn4)nc3c21. The van der Waals surface area contributed by atoms with E-state index in [4.69, 9.17) is 4.98 Å². The number of pyridine rings is 1. The van der Waals surface area contributed by atoms with Crippen LogP contribution >= 0.6 is 0 Å². The van der Waals surface area contributed by atoms with E-state index in [0.29, 0.717) is 11.9 Å². The minimum absolute atomic E-state index is 0.258. The van der Waals surface area contributed by atoms with Crippen molar-refractivity contribution < 1.29 is 0 Å². The van der Waals surface area contributed by atoms with E-state index in [1.807, 2.05) is 35.4 Å². The highest BCUT2D eigenvalue weighted by atomic mass is 15.3. The van der Waals surface area contributed by atoms with Crippen molar-refractivity contribution in [3.8, 4) is 0 Å². The molecule has 0 atom stereocenters. The Balaban J connectivity index is 1.46. The number of nitrogens with one attached hydrogen (secondary N) is 2. The number of nitrogens with zero attached hydrogens (tertiary/aromatic N) is 5. The minimum atomic E-state index is 0.258. The van der Waals surface area contributed by atoms with Gasteiger partial charge in [-0.3, -0.25) is 4.68 Å². The van der Waals surface area contributed by atoms with Crippen LogP contribution in [0.25, 0.3) is 21.8 Å². The van der Waals surface area contributed by atoms with Gasteiger partial charge < -0.3 is 10.6 Å². The molecule has 0 saturated carbocycles. The summed E-state index contributed by atoms with van der Waals surface area (Å²) in [6, 6.07) is 8.55. The molecule has 1 saturated heterocycles. The van der Waals surface area contributed by atoms with Gasteiger partial charge in [0.1, 0.15) is 11.3 Å². The molecule has 1 fully saturated rings. The lowest BCUT2D eigenvalue weighted by molar-refractivity contribution is 0.459. The van der Waals surface area contributed by atoms with Crippen molar-refractivity contribution in [2.45, 2.75) is 38.6 Å². The highest BCUT2D eigenvalue weighted by Crippen LogP contribution is 2.28. The largest absolute Gasteiger partial charge is 0.317 e. The van der Waals surface area contributed by atoms with Crippen LogP contribution in [0, 0.1) is 0 Å². The van der Waals surface area contributed by atoms with Gasteiger partial charge in [-0.1, -0.05) is 18.2 Å². The van der Waals surface area contributed by atoms with Crippen LogP contribution in [0.5, 0.6) is 0 Å². The summed E-state index contributed by atoms with van der Waals surface area (Å²) < 4.78 is 2.01. The van der Waals surface area contributed by atoms with E-state index in [0.717, 1.165) is 40.7 Å². The molecule has 0 bridgehead atoms. The van der Waals surface area contributed by atoms with Crippen molar-refractivity contribution in [2.75, 3.05) is 18.4 Å². The van der Waals surface area contributed by atoms with Gasteiger partial charge in [0, 0.05) is 29.2 Å². The minimum Gasteiger partial charge on any atom is -0.317 e. The second kappa shape index (κ2) is 7.40. The summed E-state index contributed by atoms with van der Waals surface area (Å²) in [5.74, 6) is 1.90. The molecule has 0 aliphatic carbocycles. The lowest BCUT2D eigenvalue weighted by atomic mass is 9.91. The first-order chi connectivity index (χ1) is 14.2. The molecule has 29 heavy (non-hydrogen) atoms. The molecular formula is C22H25N7. The Labute approximate surface area is 169 Å². The Morgan fingerprint density at radius 2 is 1.83 bits per heavy atom. The summed E-state index contributed by atoms with van der Waals surface area (Å²) >= 11 is 0. The molecule has 7 heteroatoms. The maximum absolute atomic E-state index is 4.79. The molecule has 148 valence electrons. The maximum Gasteiger partial charge on any atom is 0.228 e. The van der Waals surface area contributed by atoms with Crippen LogP contribution in [0.1, 0.15) is 44.2 Å². The fraction of sp³-hybridized carbons (Fsp3) is 0.364. The Kier molecular flexibility index (Phi) is 4.60. The van der Waals surface area contributed by atoms with Crippen LogP contribution in [0.3, 0.4) is 0 Å². The quantitative estimate of drug-likeness (QED) is 0.547. The predicted molar refractivity (Wildman–Crippen MR) is 116 cm³/mol. The van der Waals surface area contributed by atoms with Crippen LogP contribution < -0.4 is 10.6 Å². The lowest BCUT2D eigenvalue weighted by Gasteiger charge is -2.22. The number of hydrogen-bond donors (Lipinski definition) is 2. The average molecular weight is 387 g/mol. The van der Waals surface area contributed by atoms with Crippen molar-refractivity contribution in [1.82, 2.24) is 30.0 Å². The van der Waals surface area contributed by atoms with Gasteiger partial charge in [0.2, 0.25) is 5.95 Å². The zero-order valence-corrected chi connectivity index (χ0v) is 16.8. The third-order valence-electron chi connectivity index (χ3n) is 5.63. The molecule has 0 amide bonds. The highest BCUT2D eigenvalue weighted by molar-refractivity contribution is 6.03. The molecule has 7 nitrogen and oxygen atoms in total. The molecule has 0 unspecified atom stereocenters. The summed E-state index contributed by atoms with van der Waals surface area (Å²) in [7, 11) is 0. The van der Waals surface area contributed by atoms with Crippen LogP contribution in [0.15, 0.2) is 42.9 Å². The van der Waals surface area contributed by atoms with Crippen LogP contribution in [0.4, 0.5) is 11.8 Å². The summed E-state index contributed by atoms with van der Waals surface area (Å²) in [5, 5.41) is 13.3. The Morgan fingerprint density at radius 1 is 1.00 bits per heavy atom. The molecule has 0 radical (unpaired) electrons. The van der Waals surface area contributed by atoms with Crippen molar-refractivity contribution in [2.24, 2.45) is 0 Å². The average Bonchev–Trinajstić information content (AvgIpc) is 3.20. The fourth-order valence-corrected chi connectivity index (χ4v) is 4.07. The fourth-order valence-electron chi connectivity index (χ4n) is 4.07. The van der Waals surface area contributed by atoms with Gasteiger partial charge in [0.25, 0.3) is 0 Å². The van der Waals surface area contributed by atoms with E-state index in [1.165, 1.54) is 18.4 Å². The van der Waals surface area contributed by atoms with Crippen LogP contribution in [-0.4, -0.2) is 37.8 Å². The summed E-state index contributed by atoms with van der Waals surface area (Å²) in [5.41, 5.74) is 3.24. The maximum atomic E-state index is 4.79. The normalized spacial score (nSPS) is 15.4. The van der Waals surface area contributed by atoms with Crippen molar-refractivity contribution >= 4 is 33.6 Å². The molecule has 4 aromatic rings. The van der Waals surface area contributed by atoms with Crippen LogP contribution in [0.2, 0.25) is 0 Å². The monoisotopic (exact) mass is 387 g/mol. The summed E-state index contributed by atoms with van der Waals surface area (Å²) in [6.07, 6.45) is 8.06. The number of aromatic nitrogens is 5. The van der Waals surface area contributed by atoms with Gasteiger partial charge in [-0.25, -0.2) is 15.0 Å². The Bertz CT molecular complexity index is 1140. The number of hydrogen-bond acceptors (Lipinski definition) is 6. The van der Waals surface area contributed by atoms with Crippen molar-refractivity contribution in [3.63, 3.8) is 0 Å². The lowest BCUT2D eigenvalue weighted by Crippen LogP contribution is -2.26. The first-order valence-corrected chi connectivity index (χ1v) is 10.3. The van der Waals surface area contributed by atoms with Crippen molar-refractivity contribution in [3.05, 3.63) is 48.4 Å². The number of piperidine rings is 1. The molecule has 2 N–H and O–H groups in total. The second-order valence-electron chi connectivity index (χ2n) is 7.94. The first-order valence-electron chi connectivity index (χ1n) is 10.3. The van der Waals surface area contributed by atoms with Gasteiger partial charge >= 0.3 is 0 Å². The molecule has 3 aromatic heterocycles. The van der Waals surface area contributed by atoms with Gasteiger partial charge in [-0.15, -0.1) is 0 Å². The Morgan fingerprint density at radius 3 is 2.59 bits per heavy atom. The van der Waals surface area contributed by atoms with E-state index in [-0.39, 0.29) is 6.04 Å². The third kappa shape index (κ3) is 3.42. The molecule has 4 heterocycles. The zero-order valence-electron chi connectivity index (χ0n) is 16.8. The van der Waals surface area contributed by atoms with E-state index in [1.54, 1.807) is 0 Å². The van der Waals surface area contributed by atoms with Gasteiger partial charge in [0.05, 0.1) is 11.7 Å². The van der Waals surface area contributed by atoms with Gasteiger partial charge in [-0.2, -0.15) is 5.10 Å². The topological polar surface area (TPSA) is 80.5 Å². The standard InChI is InChI=1S/C22H25N7/c1-14(2)29-21-18(13-26-29)4-3-17-12-25-22(28-20(17)21)27-19-6-5-16(11-24-19)15-7-9-23-10-8-15/h3-6,11-15,23H,7-10H2,1-2H3,(H,24,25,27,28). The summed E-state index contributed by atoms with van der Waals surface area (Å²) in [6.45, 7) is 6.41. The van der Waals surface area contributed by atoms with Gasteiger partial charge in [-0.05, 0) is 57.3 Å². The predicted octanol–water partition coefficient (Wildman–Crippen LogP) is 4.17. The third-order valence-corrected chi connectivity index (χ3v) is 5.63. The zero-order chi connectivity index (χ0) is 19.8. The van der Waals surface area contributed by atoms with E-state index >= 15 is 0 Å². The first kappa shape index (κ1) is 18.0. The molecule has 0 spiro atoms.